The molecule has 7 nitrogen and oxygen atoms in total. The summed E-state index contributed by atoms with van der Waals surface area (Å²) in [6.07, 6.45) is -0.0435. The van der Waals surface area contributed by atoms with Crippen LogP contribution in [-0.4, -0.2) is 48.6 Å². The van der Waals surface area contributed by atoms with E-state index >= 15 is 0 Å². The second-order valence-corrected chi connectivity index (χ2v) is 8.17. The van der Waals surface area contributed by atoms with Gasteiger partial charge in [0.1, 0.15) is 5.75 Å². The third-order valence-electron chi connectivity index (χ3n) is 5.61. The molecule has 0 amide bonds. The Kier molecular flexibility index (Phi) is 8.77. The van der Waals surface area contributed by atoms with Crippen molar-refractivity contribution in [3.05, 3.63) is 94.7 Å². The van der Waals surface area contributed by atoms with Gasteiger partial charge in [-0.25, -0.2) is 9.59 Å². The topological polar surface area (TPSA) is 85.3 Å². The maximum atomic E-state index is 12.7. The minimum atomic E-state index is -4.84. The van der Waals surface area contributed by atoms with Crippen LogP contribution < -0.4 is 4.74 Å². The maximum Gasteiger partial charge on any atom is 0.573 e. The summed E-state index contributed by atoms with van der Waals surface area (Å²) in [4.78, 5) is 27.2. The van der Waals surface area contributed by atoms with E-state index in [1.54, 1.807) is 35.2 Å². The van der Waals surface area contributed by atoms with Crippen LogP contribution in [0.25, 0.3) is 5.57 Å². The van der Waals surface area contributed by atoms with Crippen LogP contribution in [0.5, 0.6) is 5.75 Å². The number of benzene rings is 2. The number of methoxy groups -OCH3 is 2. The number of nitrogens with zero attached hydrogens (tertiary/aromatic N) is 1. The van der Waals surface area contributed by atoms with Crippen LogP contribution >= 0.6 is 0 Å². The van der Waals surface area contributed by atoms with Gasteiger partial charge in [-0.2, -0.15) is 0 Å². The Hall–Kier alpha value is -4.05. The number of aliphatic hydroxyl groups excluding tert-OH is 1. The van der Waals surface area contributed by atoms with Crippen molar-refractivity contribution in [1.29, 1.82) is 0 Å². The van der Waals surface area contributed by atoms with E-state index in [-0.39, 0.29) is 36.1 Å². The zero-order valence-corrected chi connectivity index (χ0v) is 20.4. The molecule has 0 bridgehead atoms. The minimum Gasteiger partial charge on any atom is -0.465 e. The van der Waals surface area contributed by atoms with Crippen LogP contribution in [0.4, 0.5) is 13.2 Å². The van der Waals surface area contributed by atoms with Gasteiger partial charge in [0.15, 0.2) is 0 Å². The summed E-state index contributed by atoms with van der Waals surface area (Å²) in [5, 5.41) is 9.37. The number of halogens is 3. The Morgan fingerprint density at radius 1 is 0.973 bits per heavy atom. The van der Waals surface area contributed by atoms with Crippen LogP contribution in [0.3, 0.4) is 0 Å². The van der Waals surface area contributed by atoms with Crippen LogP contribution in [0.15, 0.2) is 78.0 Å². The van der Waals surface area contributed by atoms with Crippen molar-refractivity contribution in [2.24, 2.45) is 0 Å². The number of aliphatic hydroxyl groups is 1. The molecule has 1 aliphatic rings. The van der Waals surface area contributed by atoms with Gasteiger partial charge in [0.2, 0.25) is 0 Å². The summed E-state index contributed by atoms with van der Waals surface area (Å²) < 4.78 is 52.0. The molecule has 2 aromatic carbocycles. The average Bonchev–Trinajstić information content (AvgIpc) is 2.86. The first-order valence-corrected chi connectivity index (χ1v) is 11.2. The van der Waals surface area contributed by atoms with E-state index in [0.29, 0.717) is 22.3 Å². The van der Waals surface area contributed by atoms with Crippen molar-refractivity contribution >= 4 is 17.5 Å². The molecule has 1 aliphatic heterocycles. The SMILES string of the molecule is COC(=O)C1=CC(c2ccc(CO)cc2)=CC(C)N(Cc2cccc(OC(F)(F)F)c2)C=C1C(=O)OC. The van der Waals surface area contributed by atoms with Gasteiger partial charge in [0.25, 0.3) is 0 Å². The van der Waals surface area contributed by atoms with Gasteiger partial charge in [0.05, 0.1) is 32.0 Å². The Balaban J connectivity index is 2.12. The number of carbonyl (C=O) groups is 2. The highest BCUT2D eigenvalue weighted by Crippen LogP contribution is 2.29. The standard InChI is InChI=1S/C27H26F3NO6/c1-17-11-21(20-9-7-18(16-32)8-10-20)13-23(25(33)35-2)24(26(34)36-3)15-31(17)14-19-5-4-6-22(12-19)37-27(28,29)30/h4-13,15,17,32H,14,16H2,1-3H3. The molecule has 10 heteroatoms. The molecule has 0 fully saturated rings. The molecule has 0 saturated carbocycles. The number of esters is 2. The highest BCUT2D eigenvalue weighted by atomic mass is 19.4. The van der Waals surface area contributed by atoms with Gasteiger partial charge < -0.3 is 24.2 Å². The summed E-state index contributed by atoms with van der Waals surface area (Å²) in [5.41, 5.74) is 2.32. The first-order valence-electron chi connectivity index (χ1n) is 11.2. The molecule has 1 atom stereocenters. The zero-order chi connectivity index (χ0) is 27.2. The fraction of sp³-hybridized carbons (Fsp3) is 0.259. The predicted octanol–water partition coefficient (Wildman–Crippen LogP) is 4.52. The number of alkyl halides is 3. The lowest BCUT2D eigenvalue weighted by atomic mass is 9.94. The molecular weight excluding hydrogens is 491 g/mol. The lowest BCUT2D eigenvalue weighted by Crippen LogP contribution is -2.30. The molecular formula is C27H26F3NO6. The number of allylic oxidation sites excluding steroid dienone is 2. The van der Waals surface area contributed by atoms with Crippen molar-refractivity contribution in [3.8, 4) is 5.75 Å². The summed E-state index contributed by atoms with van der Waals surface area (Å²) in [5.74, 6) is -1.94. The summed E-state index contributed by atoms with van der Waals surface area (Å²) in [6, 6.07) is 12.1. The summed E-state index contributed by atoms with van der Waals surface area (Å²) in [6.45, 7) is 1.78. The number of ether oxygens (including phenoxy) is 3. The first kappa shape index (κ1) is 27.5. The fourth-order valence-electron chi connectivity index (χ4n) is 3.76. The second kappa shape index (κ2) is 11.8. The third kappa shape index (κ3) is 7.23. The monoisotopic (exact) mass is 517 g/mol. The van der Waals surface area contributed by atoms with Gasteiger partial charge >= 0.3 is 18.3 Å². The second-order valence-electron chi connectivity index (χ2n) is 8.17. The molecule has 1 N–H and O–H groups in total. The smallest absolute Gasteiger partial charge is 0.465 e. The molecule has 37 heavy (non-hydrogen) atoms. The number of hydrogen-bond donors (Lipinski definition) is 1. The van der Waals surface area contributed by atoms with Crippen molar-refractivity contribution < 1.29 is 42.1 Å². The van der Waals surface area contributed by atoms with Crippen LogP contribution in [-0.2, 0) is 32.2 Å². The molecule has 0 radical (unpaired) electrons. The number of rotatable bonds is 7. The van der Waals surface area contributed by atoms with Gasteiger partial charge in [-0.1, -0.05) is 42.5 Å². The lowest BCUT2D eigenvalue weighted by Gasteiger charge is -2.29. The summed E-state index contributed by atoms with van der Waals surface area (Å²) in [7, 11) is 2.36. The molecule has 2 aromatic rings. The minimum absolute atomic E-state index is 0.0575. The largest absolute Gasteiger partial charge is 0.573 e. The molecule has 196 valence electrons. The molecule has 0 spiro atoms. The fourth-order valence-corrected chi connectivity index (χ4v) is 3.76. The Bertz CT molecular complexity index is 1230. The van der Waals surface area contributed by atoms with E-state index in [4.69, 9.17) is 9.47 Å². The highest BCUT2D eigenvalue weighted by Gasteiger charge is 2.31. The van der Waals surface area contributed by atoms with E-state index in [2.05, 4.69) is 4.74 Å². The van der Waals surface area contributed by atoms with Crippen LogP contribution in [0.1, 0.15) is 23.6 Å². The average molecular weight is 518 g/mol. The Labute approximate surface area is 212 Å². The van der Waals surface area contributed by atoms with Gasteiger partial charge in [-0.3, -0.25) is 0 Å². The lowest BCUT2D eigenvalue weighted by molar-refractivity contribution is -0.274. The van der Waals surface area contributed by atoms with E-state index < -0.39 is 18.3 Å². The molecule has 0 aromatic heterocycles. The van der Waals surface area contributed by atoms with Crippen LogP contribution in [0.2, 0.25) is 0 Å². The van der Waals surface area contributed by atoms with Crippen molar-refractivity contribution in [3.63, 3.8) is 0 Å². The molecule has 3 rings (SSSR count). The molecule has 0 saturated heterocycles. The summed E-state index contributed by atoms with van der Waals surface area (Å²) >= 11 is 0. The molecule has 0 aliphatic carbocycles. The van der Waals surface area contributed by atoms with Gasteiger partial charge in [-0.15, -0.1) is 13.2 Å². The molecule has 1 heterocycles. The predicted molar refractivity (Wildman–Crippen MR) is 129 cm³/mol. The van der Waals surface area contributed by atoms with Crippen molar-refractivity contribution in [1.82, 2.24) is 4.90 Å². The number of hydrogen-bond acceptors (Lipinski definition) is 7. The Morgan fingerprint density at radius 3 is 2.22 bits per heavy atom. The van der Waals surface area contributed by atoms with Gasteiger partial charge in [-0.05, 0) is 47.4 Å². The van der Waals surface area contributed by atoms with E-state index in [9.17, 15) is 27.9 Å². The Morgan fingerprint density at radius 2 is 1.62 bits per heavy atom. The highest BCUT2D eigenvalue weighted by molar-refractivity contribution is 6.08. The number of carbonyl (C=O) groups excluding carboxylic acids is 2. The normalized spacial score (nSPS) is 16.0. The van der Waals surface area contributed by atoms with E-state index in [1.807, 2.05) is 13.0 Å². The van der Waals surface area contributed by atoms with E-state index in [0.717, 1.165) is 0 Å². The van der Waals surface area contributed by atoms with Gasteiger partial charge in [0, 0.05) is 18.8 Å². The zero-order valence-electron chi connectivity index (χ0n) is 20.4. The van der Waals surface area contributed by atoms with Crippen LogP contribution in [0, 0.1) is 0 Å². The molecule has 1 unspecified atom stereocenters. The quantitative estimate of drug-likeness (QED) is 0.541. The maximum absolute atomic E-state index is 12.7. The van der Waals surface area contributed by atoms with Crippen molar-refractivity contribution in [2.45, 2.75) is 32.5 Å². The van der Waals surface area contributed by atoms with Crippen molar-refractivity contribution in [2.75, 3.05) is 14.2 Å². The first-order chi connectivity index (χ1) is 17.5. The third-order valence-corrected chi connectivity index (χ3v) is 5.61. The van der Waals surface area contributed by atoms with E-state index in [1.165, 1.54) is 44.7 Å².